The maximum Gasteiger partial charge on any atom is 0.271 e. The number of furan rings is 1. The lowest BCUT2D eigenvalue weighted by Gasteiger charge is -2.11. The lowest BCUT2D eigenvalue weighted by molar-refractivity contribution is 0.390. The van der Waals surface area contributed by atoms with Crippen molar-refractivity contribution < 1.29 is 17.0 Å². The lowest BCUT2D eigenvalue weighted by atomic mass is 10.2. The van der Waals surface area contributed by atoms with Gasteiger partial charge in [0, 0.05) is 28.9 Å². The van der Waals surface area contributed by atoms with Gasteiger partial charge in [-0.3, -0.25) is 4.21 Å². The Morgan fingerprint density at radius 1 is 1.50 bits per heavy atom. The van der Waals surface area contributed by atoms with Crippen LogP contribution in [0.15, 0.2) is 21.6 Å². The molecule has 1 aromatic rings. The Kier molecular flexibility index (Phi) is 5.51. The van der Waals surface area contributed by atoms with Gasteiger partial charge in [-0.1, -0.05) is 0 Å². The number of nitrogens with two attached hydrogens (primary N) is 1. The van der Waals surface area contributed by atoms with E-state index in [9.17, 15) is 12.6 Å². The second kappa shape index (κ2) is 6.46. The summed E-state index contributed by atoms with van der Waals surface area (Å²) in [5.41, 5.74) is 0. The fourth-order valence-electron chi connectivity index (χ4n) is 1.33. The second-order valence-electron chi connectivity index (χ2n) is 4.11. The van der Waals surface area contributed by atoms with Gasteiger partial charge in [0.05, 0.1) is 6.54 Å². The third-order valence-electron chi connectivity index (χ3n) is 2.38. The standard InChI is InChI=1S/C10H18N2O4S2/c1-8(5-6-17(2)13)12-7-9-3-4-10(16-9)18(11,14)15/h3-4,8,12H,5-7H2,1-2H3,(H2,11,14,15). The fraction of sp³-hybridized carbons (Fsp3) is 0.600. The molecule has 0 aliphatic heterocycles. The first kappa shape index (κ1) is 15.4. The molecule has 0 radical (unpaired) electrons. The van der Waals surface area contributed by atoms with Gasteiger partial charge >= 0.3 is 0 Å². The second-order valence-corrected chi connectivity index (χ2v) is 7.16. The Morgan fingerprint density at radius 2 is 2.17 bits per heavy atom. The van der Waals surface area contributed by atoms with Gasteiger partial charge in [0.15, 0.2) is 0 Å². The van der Waals surface area contributed by atoms with Crippen LogP contribution in [-0.2, 0) is 27.4 Å². The highest BCUT2D eigenvalue weighted by molar-refractivity contribution is 7.89. The van der Waals surface area contributed by atoms with Crippen LogP contribution in [-0.4, -0.2) is 30.7 Å². The molecule has 2 unspecified atom stereocenters. The summed E-state index contributed by atoms with van der Waals surface area (Å²) in [4.78, 5) is 0. The highest BCUT2D eigenvalue weighted by Crippen LogP contribution is 2.12. The summed E-state index contributed by atoms with van der Waals surface area (Å²) in [5, 5.41) is 7.85. The summed E-state index contributed by atoms with van der Waals surface area (Å²) in [6.45, 7) is 2.38. The van der Waals surface area contributed by atoms with Gasteiger partial charge in [0.1, 0.15) is 5.76 Å². The van der Waals surface area contributed by atoms with E-state index in [1.165, 1.54) is 6.07 Å². The number of nitrogens with one attached hydrogen (secondary N) is 1. The SMILES string of the molecule is CC(CCS(C)=O)NCc1ccc(S(N)(=O)=O)o1. The van der Waals surface area contributed by atoms with Crippen molar-refractivity contribution in [2.75, 3.05) is 12.0 Å². The van der Waals surface area contributed by atoms with E-state index in [0.717, 1.165) is 6.42 Å². The molecule has 104 valence electrons. The molecule has 2 atom stereocenters. The predicted octanol–water partition coefficient (Wildman–Crippen LogP) is 0.174. The van der Waals surface area contributed by atoms with Crippen molar-refractivity contribution in [3.05, 3.63) is 17.9 Å². The zero-order chi connectivity index (χ0) is 13.8. The van der Waals surface area contributed by atoms with Gasteiger partial charge in [0.2, 0.25) is 5.09 Å². The molecular weight excluding hydrogens is 276 g/mol. The molecule has 6 nitrogen and oxygen atoms in total. The molecule has 0 fully saturated rings. The molecule has 3 N–H and O–H groups in total. The molecule has 1 aromatic heterocycles. The normalized spacial score (nSPS) is 15.5. The number of hydrogen-bond donors (Lipinski definition) is 2. The Balaban J connectivity index is 2.44. The van der Waals surface area contributed by atoms with Crippen molar-refractivity contribution in [1.82, 2.24) is 5.32 Å². The van der Waals surface area contributed by atoms with Gasteiger partial charge in [-0.05, 0) is 25.5 Å². The van der Waals surface area contributed by atoms with E-state index in [2.05, 4.69) is 5.32 Å². The van der Waals surface area contributed by atoms with Crippen LogP contribution in [0.25, 0.3) is 0 Å². The summed E-state index contributed by atoms with van der Waals surface area (Å²) in [6, 6.07) is 3.08. The Bertz CT molecular complexity index is 510. The van der Waals surface area contributed by atoms with Crippen LogP contribution in [0.5, 0.6) is 0 Å². The fourth-order valence-corrected chi connectivity index (χ4v) is 2.49. The van der Waals surface area contributed by atoms with E-state index in [4.69, 9.17) is 9.56 Å². The molecule has 0 aromatic carbocycles. The minimum atomic E-state index is -3.78. The monoisotopic (exact) mass is 294 g/mol. The zero-order valence-electron chi connectivity index (χ0n) is 10.4. The Hall–Kier alpha value is -0.700. The number of primary sulfonamides is 1. The number of rotatable bonds is 7. The maximum atomic E-state index is 11.0. The lowest BCUT2D eigenvalue weighted by Crippen LogP contribution is -2.26. The van der Waals surface area contributed by atoms with Gasteiger partial charge in [-0.25, -0.2) is 13.6 Å². The summed E-state index contributed by atoms with van der Waals surface area (Å²) >= 11 is 0. The molecule has 0 spiro atoms. The molecule has 1 heterocycles. The number of hydrogen-bond acceptors (Lipinski definition) is 5. The molecule has 18 heavy (non-hydrogen) atoms. The van der Waals surface area contributed by atoms with Crippen LogP contribution in [0.1, 0.15) is 19.1 Å². The topological polar surface area (TPSA) is 102 Å². The van der Waals surface area contributed by atoms with Crippen molar-refractivity contribution in [3.63, 3.8) is 0 Å². The minimum Gasteiger partial charge on any atom is -0.447 e. The average molecular weight is 294 g/mol. The average Bonchev–Trinajstić information content (AvgIpc) is 2.71. The third kappa shape index (κ3) is 5.30. The van der Waals surface area contributed by atoms with E-state index >= 15 is 0 Å². The molecule has 0 amide bonds. The highest BCUT2D eigenvalue weighted by atomic mass is 32.2. The molecule has 0 saturated heterocycles. The summed E-state index contributed by atoms with van der Waals surface area (Å²) < 4.78 is 38.0. The molecule has 0 saturated carbocycles. The minimum absolute atomic E-state index is 0.178. The Morgan fingerprint density at radius 3 is 2.67 bits per heavy atom. The van der Waals surface area contributed by atoms with Gasteiger partial charge < -0.3 is 9.73 Å². The summed E-state index contributed by atoms with van der Waals surface area (Å²) in [6.07, 6.45) is 2.45. The predicted molar refractivity (Wildman–Crippen MR) is 69.9 cm³/mol. The molecule has 0 bridgehead atoms. The van der Waals surface area contributed by atoms with Crippen LogP contribution < -0.4 is 10.5 Å². The third-order valence-corrected chi connectivity index (χ3v) is 3.97. The smallest absolute Gasteiger partial charge is 0.271 e. The van der Waals surface area contributed by atoms with Crippen molar-refractivity contribution in [2.45, 2.75) is 31.0 Å². The Labute approximate surface area is 109 Å². The van der Waals surface area contributed by atoms with Crippen LogP contribution in [0.3, 0.4) is 0 Å². The van der Waals surface area contributed by atoms with Crippen molar-refractivity contribution in [2.24, 2.45) is 5.14 Å². The molecule has 0 aliphatic carbocycles. The van der Waals surface area contributed by atoms with Crippen LogP contribution in [0.4, 0.5) is 0 Å². The molecule has 8 heteroatoms. The van der Waals surface area contributed by atoms with E-state index in [1.54, 1.807) is 12.3 Å². The van der Waals surface area contributed by atoms with Crippen molar-refractivity contribution >= 4 is 20.8 Å². The maximum absolute atomic E-state index is 11.0. The van der Waals surface area contributed by atoms with Gasteiger partial charge in [-0.2, -0.15) is 0 Å². The van der Waals surface area contributed by atoms with Crippen LogP contribution >= 0.6 is 0 Å². The number of sulfonamides is 1. The molecular formula is C10H18N2O4S2. The molecule has 1 rings (SSSR count). The highest BCUT2D eigenvalue weighted by Gasteiger charge is 2.13. The van der Waals surface area contributed by atoms with Crippen molar-refractivity contribution in [3.8, 4) is 0 Å². The van der Waals surface area contributed by atoms with Gasteiger partial charge in [-0.15, -0.1) is 0 Å². The van der Waals surface area contributed by atoms with Crippen LogP contribution in [0, 0.1) is 0 Å². The molecule has 0 aliphatic rings. The summed E-state index contributed by atoms with van der Waals surface area (Å²) in [5.74, 6) is 1.14. The zero-order valence-corrected chi connectivity index (χ0v) is 12.0. The van der Waals surface area contributed by atoms with E-state index in [-0.39, 0.29) is 11.1 Å². The largest absolute Gasteiger partial charge is 0.447 e. The van der Waals surface area contributed by atoms with E-state index in [0.29, 0.717) is 18.1 Å². The first-order valence-electron chi connectivity index (χ1n) is 5.44. The van der Waals surface area contributed by atoms with E-state index < -0.39 is 20.8 Å². The van der Waals surface area contributed by atoms with Crippen LogP contribution in [0.2, 0.25) is 0 Å². The quantitative estimate of drug-likeness (QED) is 0.746. The summed E-state index contributed by atoms with van der Waals surface area (Å²) in [7, 11) is -4.58. The van der Waals surface area contributed by atoms with E-state index in [1.807, 2.05) is 6.92 Å². The first-order chi connectivity index (χ1) is 8.29. The van der Waals surface area contributed by atoms with Gasteiger partial charge in [0.25, 0.3) is 10.0 Å². The van der Waals surface area contributed by atoms with Crippen molar-refractivity contribution in [1.29, 1.82) is 0 Å². The first-order valence-corrected chi connectivity index (χ1v) is 8.71.